The summed E-state index contributed by atoms with van der Waals surface area (Å²) in [4.78, 5) is 33.4. The number of carbonyl (C=O) groups is 1. The average molecular weight is 627 g/mol. The van der Waals surface area contributed by atoms with Gasteiger partial charge in [-0.25, -0.2) is 28.1 Å². The van der Waals surface area contributed by atoms with Crippen LogP contribution in [0.4, 0.5) is 10.9 Å². The van der Waals surface area contributed by atoms with Crippen LogP contribution in [0.25, 0.3) is 10.3 Å². The van der Waals surface area contributed by atoms with Gasteiger partial charge in [-0.15, -0.1) is 0 Å². The Bertz CT molecular complexity index is 1550. The van der Waals surface area contributed by atoms with Crippen molar-refractivity contribution >= 4 is 48.6 Å². The number of anilines is 2. The minimum absolute atomic E-state index is 0.0706. The first-order valence-electron chi connectivity index (χ1n) is 14.8. The molecule has 3 aliphatic heterocycles. The first-order valence-corrected chi connectivity index (χ1v) is 17.1. The highest BCUT2D eigenvalue weighted by atomic mass is 32.2. The van der Waals surface area contributed by atoms with Gasteiger partial charge in [0.2, 0.25) is 15.9 Å². The zero-order valence-electron chi connectivity index (χ0n) is 24.2. The van der Waals surface area contributed by atoms with E-state index in [1.54, 1.807) is 35.9 Å². The molecule has 1 atom stereocenters. The molecule has 0 aliphatic carbocycles. The van der Waals surface area contributed by atoms with Gasteiger partial charge in [0.1, 0.15) is 11.8 Å². The van der Waals surface area contributed by atoms with E-state index >= 15 is 0 Å². The third kappa shape index (κ3) is 7.15. The summed E-state index contributed by atoms with van der Waals surface area (Å²) in [6.45, 7) is 10.1. The second-order valence-corrected chi connectivity index (χ2v) is 13.9. The maximum absolute atomic E-state index is 13.4. The molecule has 0 spiro atoms. The number of ether oxygens (including phenoxy) is 1. The van der Waals surface area contributed by atoms with Crippen LogP contribution < -0.4 is 19.8 Å². The highest BCUT2D eigenvalue weighted by molar-refractivity contribution is 7.89. The second-order valence-electron chi connectivity index (χ2n) is 11.3. The van der Waals surface area contributed by atoms with Crippen LogP contribution in [-0.2, 0) is 26.1 Å². The van der Waals surface area contributed by atoms with Crippen LogP contribution in [-0.4, -0.2) is 98.7 Å². The third-order valence-electron chi connectivity index (χ3n) is 8.21. The molecule has 0 bridgehead atoms. The van der Waals surface area contributed by atoms with Crippen molar-refractivity contribution in [2.75, 3.05) is 62.3 Å². The number of carbonyl (C=O) groups excluding carboxylic acids is 1. The third-order valence-corrected chi connectivity index (χ3v) is 10.8. The lowest BCUT2D eigenvalue weighted by Crippen LogP contribution is -2.47. The van der Waals surface area contributed by atoms with Crippen LogP contribution in [0, 0.1) is 0 Å². The fourth-order valence-electron chi connectivity index (χ4n) is 6.00. The summed E-state index contributed by atoms with van der Waals surface area (Å²) in [5.41, 5.74) is 1.75. The molecule has 14 heteroatoms. The van der Waals surface area contributed by atoms with Crippen LogP contribution in [0.2, 0.25) is 0 Å². The molecule has 43 heavy (non-hydrogen) atoms. The van der Waals surface area contributed by atoms with Crippen LogP contribution in [0.15, 0.2) is 48.1 Å². The Hall–Kier alpha value is -3.17. The highest BCUT2D eigenvalue weighted by Gasteiger charge is 2.28. The number of nitrogens with zero attached hydrogens (tertiary/aromatic N) is 6. The lowest BCUT2D eigenvalue weighted by atomic mass is 10.0. The van der Waals surface area contributed by atoms with Crippen molar-refractivity contribution in [1.29, 1.82) is 0 Å². The van der Waals surface area contributed by atoms with E-state index in [1.807, 2.05) is 6.07 Å². The predicted molar refractivity (Wildman–Crippen MR) is 167 cm³/mol. The molecule has 0 saturated carbocycles. The number of hydrogen-bond donors (Lipinski definition) is 2. The first kappa shape index (κ1) is 29.9. The van der Waals surface area contributed by atoms with Crippen LogP contribution in [0.1, 0.15) is 31.2 Å². The number of nitrogens with one attached hydrogen (secondary N) is 2. The molecule has 5 heterocycles. The zero-order chi connectivity index (χ0) is 29.8. The number of thiazole rings is 1. The molecule has 3 saturated heterocycles. The second kappa shape index (κ2) is 13.2. The molecule has 1 aromatic carbocycles. The number of morpholine rings is 1. The van der Waals surface area contributed by atoms with Gasteiger partial charge in [-0.3, -0.25) is 9.69 Å². The van der Waals surface area contributed by atoms with Crippen molar-refractivity contribution in [2.45, 2.75) is 49.2 Å². The number of likely N-dealkylation sites (tertiary alicyclic amines) is 1. The summed E-state index contributed by atoms with van der Waals surface area (Å²) in [5, 5.41) is 3.87. The number of rotatable bonds is 9. The lowest BCUT2D eigenvalue weighted by Gasteiger charge is -2.33. The van der Waals surface area contributed by atoms with Gasteiger partial charge in [-0.2, -0.15) is 0 Å². The summed E-state index contributed by atoms with van der Waals surface area (Å²) in [6.07, 6.45) is 6.15. The van der Waals surface area contributed by atoms with E-state index in [4.69, 9.17) is 9.72 Å². The summed E-state index contributed by atoms with van der Waals surface area (Å²) in [6, 6.07) is 7.08. The summed E-state index contributed by atoms with van der Waals surface area (Å²) >= 11 is 1.55. The monoisotopic (exact) mass is 626 g/mol. The Kier molecular flexibility index (Phi) is 9.19. The Morgan fingerprint density at radius 1 is 1.07 bits per heavy atom. The molecule has 2 aromatic heterocycles. The number of fused-ring (bicyclic) bond motifs is 1. The van der Waals surface area contributed by atoms with E-state index in [0.717, 1.165) is 65.9 Å². The van der Waals surface area contributed by atoms with Crippen molar-refractivity contribution < 1.29 is 17.9 Å². The van der Waals surface area contributed by atoms with Gasteiger partial charge in [0.25, 0.3) is 0 Å². The topological polar surface area (TPSA) is 133 Å². The molecular weight excluding hydrogens is 589 g/mol. The molecule has 3 aliphatic rings. The normalized spacial score (nSPS) is 20.8. The molecule has 230 valence electrons. The van der Waals surface area contributed by atoms with Crippen molar-refractivity contribution in [3.8, 4) is 0 Å². The first-order chi connectivity index (χ1) is 20.9. The van der Waals surface area contributed by atoms with Gasteiger partial charge in [-0.1, -0.05) is 30.0 Å². The van der Waals surface area contributed by atoms with Gasteiger partial charge in [0.15, 0.2) is 15.8 Å². The van der Waals surface area contributed by atoms with E-state index in [1.165, 1.54) is 6.08 Å². The molecule has 3 aromatic rings. The molecule has 6 rings (SSSR count). The molecule has 12 nitrogen and oxygen atoms in total. The van der Waals surface area contributed by atoms with Crippen LogP contribution in [0.5, 0.6) is 0 Å². The number of benzene rings is 1. The fraction of sp³-hybridized carbons (Fsp3) is 0.517. The lowest BCUT2D eigenvalue weighted by molar-refractivity contribution is -0.117. The van der Waals surface area contributed by atoms with Gasteiger partial charge in [0, 0.05) is 51.4 Å². The number of sulfonamides is 1. The van der Waals surface area contributed by atoms with Gasteiger partial charge >= 0.3 is 0 Å². The van der Waals surface area contributed by atoms with E-state index in [2.05, 4.69) is 41.3 Å². The van der Waals surface area contributed by atoms with Crippen molar-refractivity contribution in [2.24, 2.45) is 0 Å². The zero-order valence-corrected chi connectivity index (χ0v) is 25.8. The van der Waals surface area contributed by atoms with Crippen LogP contribution in [0.3, 0.4) is 0 Å². The van der Waals surface area contributed by atoms with Gasteiger partial charge in [-0.05, 0) is 56.0 Å². The summed E-state index contributed by atoms with van der Waals surface area (Å²) in [7, 11) is -3.68. The Balaban J connectivity index is 1.05. The largest absolute Gasteiger partial charge is 0.378 e. The SMILES string of the molecule is C=CC(=O)N[C@@H]1CCCN(Cc2cccc(S(=O)(=O)NC3CCN(c4nc5c(N6CCOCC6)ncnc5s4)CC3)c2)C1. The standard InChI is InChI=1S/C29H38N8O4S2/c1-2-25(38)32-23-6-4-10-35(19-23)18-21-5-3-7-24(17-21)43(39,40)34-22-8-11-37(12-9-22)29-33-26-27(30-20-31-28(26)42-29)36-13-15-41-16-14-36/h2-3,5,7,17,20,22-23,34H,1,4,6,8-16,18-19H2,(H,32,38)/t23-/m1/s1. The highest BCUT2D eigenvalue weighted by Crippen LogP contribution is 2.33. The molecule has 0 unspecified atom stereocenters. The fourth-order valence-corrected chi connectivity index (χ4v) is 8.33. The van der Waals surface area contributed by atoms with Crippen molar-refractivity contribution in [3.63, 3.8) is 0 Å². The number of amides is 1. The Morgan fingerprint density at radius 2 is 1.88 bits per heavy atom. The smallest absolute Gasteiger partial charge is 0.243 e. The minimum atomic E-state index is -3.68. The molecule has 1 amide bonds. The van der Waals surface area contributed by atoms with E-state index in [0.29, 0.717) is 45.7 Å². The van der Waals surface area contributed by atoms with E-state index in [-0.39, 0.29) is 22.9 Å². The molecule has 2 N–H and O–H groups in total. The van der Waals surface area contributed by atoms with Crippen molar-refractivity contribution in [1.82, 2.24) is 29.9 Å². The summed E-state index contributed by atoms with van der Waals surface area (Å²) < 4.78 is 35.2. The van der Waals surface area contributed by atoms with Crippen molar-refractivity contribution in [3.05, 3.63) is 48.8 Å². The van der Waals surface area contributed by atoms with E-state index < -0.39 is 10.0 Å². The van der Waals surface area contributed by atoms with Gasteiger partial charge in [0.05, 0.1) is 18.1 Å². The predicted octanol–water partition coefficient (Wildman–Crippen LogP) is 2.14. The minimum Gasteiger partial charge on any atom is -0.378 e. The molecule has 0 radical (unpaired) electrons. The number of piperidine rings is 2. The average Bonchev–Trinajstić information content (AvgIpc) is 3.47. The number of aromatic nitrogens is 3. The number of hydrogen-bond acceptors (Lipinski definition) is 11. The van der Waals surface area contributed by atoms with Gasteiger partial charge < -0.3 is 19.9 Å². The maximum Gasteiger partial charge on any atom is 0.243 e. The quantitative estimate of drug-likeness (QED) is 0.341. The summed E-state index contributed by atoms with van der Waals surface area (Å²) in [5.74, 6) is 0.685. The molecular formula is C29H38N8O4S2. The molecule has 3 fully saturated rings. The maximum atomic E-state index is 13.4. The van der Waals surface area contributed by atoms with Crippen LogP contribution >= 0.6 is 11.3 Å². The van der Waals surface area contributed by atoms with E-state index in [9.17, 15) is 13.2 Å². The Labute approximate surface area is 256 Å². The Morgan fingerprint density at radius 3 is 2.67 bits per heavy atom.